The van der Waals surface area contributed by atoms with Crippen molar-refractivity contribution in [2.75, 3.05) is 13.2 Å². The average Bonchev–Trinajstić information content (AvgIpc) is 2.64. The SMILES string of the molecule is CCn1ccnc1COCCNC(C)C. The highest BCUT2D eigenvalue weighted by Crippen LogP contribution is 1.98. The quantitative estimate of drug-likeness (QED) is 0.693. The largest absolute Gasteiger partial charge is 0.372 e. The van der Waals surface area contributed by atoms with Gasteiger partial charge in [0.1, 0.15) is 12.4 Å². The Morgan fingerprint density at radius 1 is 1.53 bits per heavy atom. The van der Waals surface area contributed by atoms with Crippen molar-refractivity contribution >= 4 is 0 Å². The molecule has 0 aliphatic carbocycles. The summed E-state index contributed by atoms with van der Waals surface area (Å²) in [4.78, 5) is 4.24. The van der Waals surface area contributed by atoms with Gasteiger partial charge >= 0.3 is 0 Å². The van der Waals surface area contributed by atoms with Gasteiger partial charge in [-0.1, -0.05) is 13.8 Å². The van der Waals surface area contributed by atoms with Crippen LogP contribution >= 0.6 is 0 Å². The van der Waals surface area contributed by atoms with E-state index in [0.717, 1.165) is 25.5 Å². The lowest BCUT2D eigenvalue weighted by atomic mass is 10.4. The minimum absolute atomic E-state index is 0.520. The summed E-state index contributed by atoms with van der Waals surface area (Å²) < 4.78 is 7.62. The van der Waals surface area contributed by atoms with Crippen molar-refractivity contribution in [3.8, 4) is 0 Å². The summed E-state index contributed by atoms with van der Waals surface area (Å²) in [5.41, 5.74) is 0. The highest BCUT2D eigenvalue weighted by molar-refractivity contribution is 4.89. The van der Waals surface area contributed by atoms with Gasteiger partial charge in [0.05, 0.1) is 6.61 Å². The van der Waals surface area contributed by atoms with Crippen molar-refractivity contribution < 1.29 is 4.74 Å². The summed E-state index contributed by atoms with van der Waals surface area (Å²) >= 11 is 0. The Bertz CT molecular complexity index is 271. The fraction of sp³-hybridized carbons (Fsp3) is 0.727. The van der Waals surface area contributed by atoms with Gasteiger partial charge in [-0.05, 0) is 6.92 Å². The number of aromatic nitrogens is 2. The monoisotopic (exact) mass is 211 g/mol. The second-order valence-corrected chi connectivity index (χ2v) is 3.79. The molecule has 0 spiro atoms. The Morgan fingerprint density at radius 3 is 3.00 bits per heavy atom. The zero-order chi connectivity index (χ0) is 11.1. The molecule has 1 N–H and O–H groups in total. The summed E-state index contributed by atoms with van der Waals surface area (Å²) in [5.74, 6) is 1.00. The number of nitrogens with one attached hydrogen (secondary N) is 1. The molecule has 0 unspecified atom stereocenters. The molecular formula is C11H21N3O. The smallest absolute Gasteiger partial charge is 0.134 e. The molecule has 0 aromatic carbocycles. The minimum Gasteiger partial charge on any atom is -0.372 e. The van der Waals surface area contributed by atoms with E-state index in [1.54, 1.807) is 0 Å². The third-order valence-corrected chi connectivity index (χ3v) is 2.17. The van der Waals surface area contributed by atoms with Gasteiger partial charge in [-0.25, -0.2) is 4.98 Å². The summed E-state index contributed by atoms with van der Waals surface area (Å²) in [5, 5.41) is 3.30. The lowest BCUT2D eigenvalue weighted by molar-refractivity contribution is 0.114. The molecule has 1 aromatic heterocycles. The average molecular weight is 211 g/mol. The first-order chi connectivity index (χ1) is 7.24. The first-order valence-corrected chi connectivity index (χ1v) is 5.55. The standard InChI is InChI=1S/C11H21N3O/c1-4-14-7-5-13-11(14)9-15-8-6-12-10(2)3/h5,7,10,12H,4,6,8-9H2,1-3H3. The van der Waals surface area contributed by atoms with E-state index in [1.807, 2.05) is 12.4 Å². The van der Waals surface area contributed by atoms with Crippen LogP contribution < -0.4 is 5.32 Å². The maximum absolute atomic E-state index is 5.53. The number of imidazole rings is 1. The second kappa shape index (κ2) is 6.58. The molecule has 15 heavy (non-hydrogen) atoms. The molecule has 86 valence electrons. The third-order valence-electron chi connectivity index (χ3n) is 2.17. The molecule has 1 aromatic rings. The van der Waals surface area contributed by atoms with Crippen LogP contribution in [0.3, 0.4) is 0 Å². The number of hydrogen-bond acceptors (Lipinski definition) is 3. The number of aryl methyl sites for hydroxylation is 1. The van der Waals surface area contributed by atoms with Gasteiger partial charge in [0.15, 0.2) is 0 Å². The van der Waals surface area contributed by atoms with Gasteiger partial charge in [0.2, 0.25) is 0 Å². The van der Waals surface area contributed by atoms with Crippen LogP contribution in [0.4, 0.5) is 0 Å². The lowest BCUT2D eigenvalue weighted by Gasteiger charge is -2.09. The van der Waals surface area contributed by atoms with Crippen molar-refractivity contribution in [2.45, 2.75) is 40.0 Å². The zero-order valence-corrected chi connectivity index (χ0v) is 9.86. The molecule has 0 amide bonds. The minimum atomic E-state index is 0.520. The van der Waals surface area contributed by atoms with Crippen LogP contribution in [0.2, 0.25) is 0 Å². The second-order valence-electron chi connectivity index (χ2n) is 3.79. The van der Waals surface area contributed by atoms with Gasteiger partial charge in [-0.3, -0.25) is 0 Å². The van der Waals surface area contributed by atoms with Crippen LogP contribution in [-0.2, 0) is 17.9 Å². The molecule has 4 heteroatoms. The fourth-order valence-electron chi connectivity index (χ4n) is 1.35. The van der Waals surface area contributed by atoms with Crippen LogP contribution in [0.25, 0.3) is 0 Å². The Kier molecular flexibility index (Phi) is 5.36. The highest BCUT2D eigenvalue weighted by atomic mass is 16.5. The van der Waals surface area contributed by atoms with Gasteiger partial charge in [-0.15, -0.1) is 0 Å². The molecule has 0 bridgehead atoms. The van der Waals surface area contributed by atoms with Crippen LogP contribution in [0.15, 0.2) is 12.4 Å². The van der Waals surface area contributed by atoms with Crippen molar-refractivity contribution in [2.24, 2.45) is 0 Å². The van der Waals surface area contributed by atoms with E-state index in [0.29, 0.717) is 12.6 Å². The van der Waals surface area contributed by atoms with Gasteiger partial charge in [0.25, 0.3) is 0 Å². The highest BCUT2D eigenvalue weighted by Gasteiger charge is 2.00. The number of ether oxygens (including phenoxy) is 1. The molecule has 0 aliphatic rings. The van der Waals surface area contributed by atoms with E-state index in [1.165, 1.54) is 0 Å². The molecule has 0 radical (unpaired) electrons. The van der Waals surface area contributed by atoms with Crippen molar-refractivity contribution in [3.05, 3.63) is 18.2 Å². The van der Waals surface area contributed by atoms with Gasteiger partial charge < -0.3 is 14.6 Å². The molecule has 0 atom stereocenters. The lowest BCUT2D eigenvalue weighted by Crippen LogP contribution is -2.26. The van der Waals surface area contributed by atoms with E-state index in [4.69, 9.17) is 4.74 Å². The molecule has 0 aliphatic heterocycles. The maximum atomic E-state index is 5.53. The molecular weight excluding hydrogens is 190 g/mol. The number of hydrogen-bond donors (Lipinski definition) is 1. The fourth-order valence-corrected chi connectivity index (χ4v) is 1.35. The molecule has 0 fully saturated rings. The van der Waals surface area contributed by atoms with E-state index in [2.05, 4.69) is 35.6 Å². The predicted octanol–water partition coefficient (Wildman–Crippen LogP) is 1.42. The first-order valence-electron chi connectivity index (χ1n) is 5.55. The van der Waals surface area contributed by atoms with E-state index >= 15 is 0 Å². The molecule has 0 saturated carbocycles. The summed E-state index contributed by atoms with van der Waals surface area (Å²) in [6.07, 6.45) is 3.79. The van der Waals surface area contributed by atoms with Crippen LogP contribution in [0, 0.1) is 0 Å². The topological polar surface area (TPSA) is 39.1 Å². The van der Waals surface area contributed by atoms with E-state index in [-0.39, 0.29) is 0 Å². The maximum Gasteiger partial charge on any atom is 0.134 e. The Labute approximate surface area is 91.7 Å². The Morgan fingerprint density at radius 2 is 2.33 bits per heavy atom. The van der Waals surface area contributed by atoms with E-state index in [9.17, 15) is 0 Å². The zero-order valence-electron chi connectivity index (χ0n) is 9.86. The number of nitrogens with zero attached hydrogens (tertiary/aromatic N) is 2. The third kappa shape index (κ3) is 4.44. The van der Waals surface area contributed by atoms with Gasteiger partial charge in [0, 0.05) is 31.5 Å². The van der Waals surface area contributed by atoms with Gasteiger partial charge in [-0.2, -0.15) is 0 Å². The van der Waals surface area contributed by atoms with Crippen molar-refractivity contribution in [1.29, 1.82) is 0 Å². The van der Waals surface area contributed by atoms with Crippen LogP contribution in [0.1, 0.15) is 26.6 Å². The molecule has 1 rings (SSSR count). The first kappa shape index (κ1) is 12.2. The van der Waals surface area contributed by atoms with E-state index < -0.39 is 0 Å². The molecule has 4 nitrogen and oxygen atoms in total. The molecule has 0 saturated heterocycles. The number of rotatable bonds is 7. The summed E-state index contributed by atoms with van der Waals surface area (Å²) in [7, 11) is 0. The predicted molar refractivity (Wildman–Crippen MR) is 60.7 cm³/mol. The summed E-state index contributed by atoms with van der Waals surface area (Å²) in [6.45, 7) is 9.53. The summed E-state index contributed by atoms with van der Waals surface area (Å²) in [6, 6.07) is 0.520. The van der Waals surface area contributed by atoms with Crippen molar-refractivity contribution in [1.82, 2.24) is 14.9 Å². The van der Waals surface area contributed by atoms with Crippen LogP contribution in [0.5, 0.6) is 0 Å². The Hall–Kier alpha value is -0.870. The Balaban J connectivity index is 2.15. The van der Waals surface area contributed by atoms with Crippen molar-refractivity contribution in [3.63, 3.8) is 0 Å². The van der Waals surface area contributed by atoms with Crippen LogP contribution in [-0.4, -0.2) is 28.7 Å². The normalized spacial score (nSPS) is 11.2. The molecule has 1 heterocycles.